The summed E-state index contributed by atoms with van der Waals surface area (Å²) in [6, 6.07) is 13.5. The molecule has 0 bridgehead atoms. The molecular weight excluding hydrogens is 475 g/mol. The van der Waals surface area contributed by atoms with Crippen LogP contribution in [0.2, 0.25) is 0 Å². The highest BCUT2D eigenvalue weighted by molar-refractivity contribution is 6.07. The first-order chi connectivity index (χ1) is 18.0. The Bertz CT molecular complexity index is 1360. The summed E-state index contributed by atoms with van der Waals surface area (Å²) >= 11 is 0. The number of carbonyl (C=O) groups is 2. The number of nitrogens with zero attached hydrogens (tertiary/aromatic N) is 3. The number of fused-ring (bicyclic) bond motifs is 1. The lowest BCUT2D eigenvalue weighted by Crippen LogP contribution is -2.49. The van der Waals surface area contributed by atoms with E-state index in [1.54, 1.807) is 48.4 Å². The van der Waals surface area contributed by atoms with Gasteiger partial charge in [0.25, 0.3) is 11.8 Å². The van der Waals surface area contributed by atoms with Crippen LogP contribution in [0.15, 0.2) is 58.0 Å². The molecular formula is C28H29FN4O4. The first-order valence-electron chi connectivity index (χ1n) is 12.4. The molecule has 8 nitrogen and oxygen atoms in total. The van der Waals surface area contributed by atoms with Gasteiger partial charge < -0.3 is 19.0 Å². The zero-order chi connectivity index (χ0) is 25.9. The van der Waals surface area contributed by atoms with Crippen molar-refractivity contribution in [3.63, 3.8) is 0 Å². The van der Waals surface area contributed by atoms with E-state index in [1.807, 2.05) is 17.9 Å². The third-order valence-electron chi connectivity index (χ3n) is 6.90. The molecule has 2 aromatic carbocycles. The smallest absolute Gasteiger partial charge is 0.289 e. The van der Waals surface area contributed by atoms with Crippen LogP contribution in [0.5, 0.6) is 5.75 Å². The van der Waals surface area contributed by atoms with E-state index in [4.69, 9.17) is 9.15 Å². The molecule has 2 aliphatic rings. The lowest BCUT2D eigenvalue weighted by molar-refractivity contribution is 0.0711. The number of piperazine rings is 1. The molecule has 37 heavy (non-hydrogen) atoms. The van der Waals surface area contributed by atoms with Crippen molar-refractivity contribution >= 4 is 23.2 Å². The predicted molar refractivity (Wildman–Crippen MR) is 138 cm³/mol. The van der Waals surface area contributed by atoms with Gasteiger partial charge in [-0.05, 0) is 50.1 Å². The predicted octanol–water partition coefficient (Wildman–Crippen LogP) is 4.17. The zero-order valence-electron chi connectivity index (χ0n) is 20.9. The Labute approximate surface area is 214 Å². The van der Waals surface area contributed by atoms with Crippen LogP contribution in [0.25, 0.3) is 0 Å². The molecule has 1 fully saturated rings. The van der Waals surface area contributed by atoms with Crippen LogP contribution in [0.1, 0.15) is 50.6 Å². The summed E-state index contributed by atoms with van der Waals surface area (Å²) in [5.41, 5.74) is 5.85. The molecule has 0 unspecified atom stereocenters. The van der Waals surface area contributed by atoms with E-state index in [9.17, 15) is 14.0 Å². The van der Waals surface area contributed by atoms with Crippen LogP contribution < -0.4 is 15.1 Å². The van der Waals surface area contributed by atoms with E-state index < -0.39 is 0 Å². The highest BCUT2D eigenvalue weighted by Crippen LogP contribution is 2.31. The molecule has 5 rings (SSSR count). The molecule has 0 radical (unpaired) electrons. The summed E-state index contributed by atoms with van der Waals surface area (Å²) in [4.78, 5) is 29.7. The highest BCUT2D eigenvalue weighted by Gasteiger charge is 2.32. The Kier molecular flexibility index (Phi) is 6.94. The van der Waals surface area contributed by atoms with Gasteiger partial charge >= 0.3 is 0 Å². The second kappa shape index (κ2) is 10.5. The number of anilines is 1. The molecule has 192 valence electrons. The van der Waals surface area contributed by atoms with Gasteiger partial charge in [0.15, 0.2) is 5.76 Å². The number of nitrogens with one attached hydrogen (secondary N) is 1. The SMILES string of the molecule is COc1cccc(C(=O)N/N=C2\CCCc3oc(C(=O)N4CCN(c5ccccc5F)CC4)c(C)c32)c1. The number of amides is 2. The van der Waals surface area contributed by atoms with Gasteiger partial charge in [-0.15, -0.1) is 0 Å². The van der Waals surface area contributed by atoms with Gasteiger partial charge in [0.2, 0.25) is 0 Å². The minimum absolute atomic E-state index is 0.181. The van der Waals surface area contributed by atoms with Crippen molar-refractivity contribution in [3.05, 3.63) is 82.6 Å². The molecule has 1 aliphatic heterocycles. The number of halogens is 1. The van der Waals surface area contributed by atoms with Crippen LogP contribution >= 0.6 is 0 Å². The van der Waals surface area contributed by atoms with Crippen molar-refractivity contribution in [2.24, 2.45) is 5.10 Å². The zero-order valence-corrected chi connectivity index (χ0v) is 20.9. The molecule has 2 heterocycles. The Hall–Kier alpha value is -4.14. The first-order valence-corrected chi connectivity index (χ1v) is 12.4. The van der Waals surface area contributed by atoms with Gasteiger partial charge in [-0.25, -0.2) is 9.82 Å². The number of methoxy groups -OCH3 is 1. The number of para-hydroxylation sites is 1. The number of hydrazone groups is 1. The lowest BCUT2D eigenvalue weighted by atomic mass is 9.93. The van der Waals surface area contributed by atoms with Crippen LogP contribution in [0.3, 0.4) is 0 Å². The number of carbonyl (C=O) groups excluding carboxylic acids is 2. The van der Waals surface area contributed by atoms with E-state index in [0.29, 0.717) is 73.3 Å². The second-order valence-electron chi connectivity index (χ2n) is 9.17. The van der Waals surface area contributed by atoms with Gasteiger partial charge in [0, 0.05) is 49.3 Å². The van der Waals surface area contributed by atoms with Crippen LogP contribution in [0, 0.1) is 12.7 Å². The molecule has 1 N–H and O–H groups in total. The molecule has 9 heteroatoms. The number of rotatable bonds is 5. The van der Waals surface area contributed by atoms with Crippen molar-refractivity contribution in [3.8, 4) is 5.75 Å². The monoisotopic (exact) mass is 504 g/mol. The normalized spacial score (nSPS) is 16.5. The third kappa shape index (κ3) is 4.94. The van der Waals surface area contributed by atoms with Gasteiger partial charge in [-0.2, -0.15) is 5.10 Å². The fraction of sp³-hybridized carbons (Fsp3) is 0.321. The minimum atomic E-state index is -0.344. The van der Waals surface area contributed by atoms with E-state index in [1.165, 1.54) is 6.07 Å². The highest BCUT2D eigenvalue weighted by atomic mass is 19.1. The molecule has 0 atom stereocenters. The summed E-state index contributed by atoms with van der Waals surface area (Å²) in [5.74, 6) is 0.819. The summed E-state index contributed by atoms with van der Waals surface area (Å²) in [5, 5.41) is 4.40. The Morgan fingerprint density at radius 2 is 1.84 bits per heavy atom. The topological polar surface area (TPSA) is 87.4 Å². The summed E-state index contributed by atoms with van der Waals surface area (Å²) in [7, 11) is 1.55. The second-order valence-corrected chi connectivity index (χ2v) is 9.17. The number of hydrogen-bond donors (Lipinski definition) is 1. The molecule has 1 aromatic heterocycles. The van der Waals surface area contributed by atoms with Crippen molar-refractivity contribution in [2.75, 3.05) is 38.2 Å². The maximum absolute atomic E-state index is 14.2. The van der Waals surface area contributed by atoms with Gasteiger partial charge in [-0.1, -0.05) is 18.2 Å². The number of furan rings is 1. The first kappa shape index (κ1) is 24.5. The Morgan fingerprint density at radius 3 is 2.59 bits per heavy atom. The molecule has 1 saturated heterocycles. The summed E-state index contributed by atoms with van der Waals surface area (Å²) in [6.07, 6.45) is 2.18. The van der Waals surface area contributed by atoms with Crippen LogP contribution in [-0.4, -0.2) is 55.7 Å². The maximum atomic E-state index is 14.2. The van der Waals surface area contributed by atoms with Crippen molar-refractivity contribution in [2.45, 2.75) is 26.2 Å². The standard InChI is InChI=1S/C28H29FN4O4/c1-18-25-22(30-31-27(34)19-7-5-8-20(17-19)36-2)10-6-12-24(25)37-26(18)28(35)33-15-13-32(14-16-33)23-11-4-3-9-21(23)29/h3-5,7-9,11,17H,6,10,12-16H2,1-2H3,(H,31,34)/b30-22+. The third-order valence-corrected chi connectivity index (χ3v) is 6.90. The van der Waals surface area contributed by atoms with E-state index >= 15 is 0 Å². The average molecular weight is 505 g/mol. The molecule has 0 saturated carbocycles. The summed E-state index contributed by atoms with van der Waals surface area (Å²) < 4.78 is 25.4. The molecule has 1 aliphatic carbocycles. The molecule has 3 aromatic rings. The lowest BCUT2D eigenvalue weighted by Gasteiger charge is -2.35. The minimum Gasteiger partial charge on any atom is -0.497 e. The van der Waals surface area contributed by atoms with E-state index in [-0.39, 0.29) is 17.6 Å². The maximum Gasteiger partial charge on any atom is 0.289 e. The number of benzene rings is 2. The largest absolute Gasteiger partial charge is 0.497 e. The summed E-state index contributed by atoms with van der Waals surface area (Å²) in [6.45, 7) is 3.87. The number of hydrogen-bond acceptors (Lipinski definition) is 6. The Morgan fingerprint density at radius 1 is 1.05 bits per heavy atom. The molecule has 2 amide bonds. The van der Waals surface area contributed by atoms with Crippen molar-refractivity contribution in [1.82, 2.24) is 10.3 Å². The van der Waals surface area contributed by atoms with Crippen LogP contribution in [-0.2, 0) is 6.42 Å². The van der Waals surface area contributed by atoms with Gasteiger partial charge in [0.1, 0.15) is 17.3 Å². The quantitative estimate of drug-likeness (QED) is 0.527. The van der Waals surface area contributed by atoms with Crippen LogP contribution in [0.4, 0.5) is 10.1 Å². The Balaban J connectivity index is 1.30. The van der Waals surface area contributed by atoms with Gasteiger partial charge in [0.05, 0.1) is 18.5 Å². The van der Waals surface area contributed by atoms with Crippen molar-refractivity contribution in [1.29, 1.82) is 0 Å². The van der Waals surface area contributed by atoms with Crippen molar-refractivity contribution < 1.29 is 23.1 Å². The van der Waals surface area contributed by atoms with E-state index in [2.05, 4.69) is 10.5 Å². The van der Waals surface area contributed by atoms with E-state index in [0.717, 1.165) is 17.5 Å². The number of ether oxygens (including phenoxy) is 1. The fourth-order valence-electron chi connectivity index (χ4n) is 4.93. The average Bonchev–Trinajstić information content (AvgIpc) is 3.28. The number of aryl methyl sites for hydroxylation is 1. The molecule has 0 spiro atoms. The van der Waals surface area contributed by atoms with Gasteiger partial charge in [-0.3, -0.25) is 9.59 Å². The fourth-order valence-corrected chi connectivity index (χ4v) is 4.93.